The van der Waals surface area contributed by atoms with Crippen LogP contribution in [0.4, 0.5) is 11.4 Å². The van der Waals surface area contributed by atoms with E-state index in [0.717, 1.165) is 19.4 Å². The summed E-state index contributed by atoms with van der Waals surface area (Å²) in [5, 5.41) is 22.9. The molecule has 3 aromatic carbocycles. The van der Waals surface area contributed by atoms with Crippen LogP contribution in [0.15, 0.2) is 66.7 Å². The first kappa shape index (κ1) is 27.5. The van der Waals surface area contributed by atoms with Crippen molar-refractivity contribution in [1.29, 1.82) is 5.41 Å². The number of carboxylic acids is 1. The lowest BCUT2D eigenvalue weighted by Gasteiger charge is -2.22. The number of ether oxygens (including phenoxy) is 2. The molecule has 0 unspecified atom stereocenters. The Balaban J connectivity index is 1.49. The van der Waals surface area contributed by atoms with E-state index in [9.17, 15) is 14.7 Å². The summed E-state index contributed by atoms with van der Waals surface area (Å²) < 4.78 is 11.8. The van der Waals surface area contributed by atoms with E-state index in [2.05, 4.69) is 22.6 Å². The third-order valence-corrected chi connectivity index (χ3v) is 6.60. The van der Waals surface area contributed by atoms with Crippen molar-refractivity contribution in [3.63, 3.8) is 0 Å². The molecule has 1 heterocycles. The number of nitrogen functional groups attached to an aromatic ring is 1. The molecule has 1 fully saturated rings. The number of likely N-dealkylation sites (tertiary alicyclic amines) is 1. The molecule has 10 heteroatoms. The minimum absolute atomic E-state index is 0.0468. The van der Waals surface area contributed by atoms with Crippen LogP contribution in [0.5, 0.6) is 11.5 Å². The van der Waals surface area contributed by atoms with Crippen LogP contribution in [-0.2, 0) is 11.3 Å². The van der Waals surface area contributed by atoms with E-state index in [1.165, 1.54) is 0 Å². The zero-order valence-electron chi connectivity index (χ0n) is 21.8. The number of nitrogens with one attached hydrogen (secondary N) is 3. The molecule has 39 heavy (non-hydrogen) atoms. The van der Waals surface area contributed by atoms with Crippen LogP contribution >= 0.6 is 0 Å². The predicted octanol–water partition coefficient (Wildman–Crippen LogP) is 3.77. The van der Waals surface area contributed by atoms with E-state index >= 15 is 0 Å². The van der Waals surface area contributed by atoms with Gasteiger partial charge in [0.2, 0.25) is 0 Å². The van der Waals surface area contributed by atoms with Gasteiger partial charge >= 0.3 is 5.97 Å². The van der Waals surface area contributed by atoms with Gasteiger partial charge in [0.15, 0.2) is 18.1 Å². The number of aliphatic carboxylic acids is 1. The van der Waals surface area contributed by atoms with Crippen LogP contribution in [-0.4, -0.2) is 60.6 Å². The molecule has 1 amide bonds. The molecule has 0 bridgehead atoms. The van der Waals surface area contributed by atoms with Gasteiger partial charge in [-0.25, -0.2) is 4.79 Å². The topological polar surface area (TPSA) is 150 Å². The molecule has 204 valence electrons. The molecular weight excluding hydrogens is 498 g/mol. The van der Waals surface area contributed by atoms with Crippen LogP contribution in [0, 0.1) is 5.41 Å². The number of carboxylic acid groups (broad SMARTS) is 1. The fourth-order valence-corrected chi connectivity index (χ4v) is 4.44. The molecule has 10 nitrogen and oxygen atoms in total. The summed E-state index contributed by atoms with van der Waals surface area (Å²) in [5.41, 5.74) is 8.36. The van der Waals surface area contributed by atoms with Gasteiger partial charge in [0.25, 0.3) is 5.91 Å². The molecule has 0 saturated carbocycles. The molecule has 0 radical (unpaired) electrons. The van der Waals surface area contributed by atoms with Crippen LogP contribution in [0.2, 0.25) is 0 Å². The standard InChI is InChI=1S/C29H33N5O5/c1-34-15-5-7-22(34)17-38-25-10-4-6-20(27(25)39-18-26(35)36)16-32-24-9-3-2-8-23(24)29(37)33-21-13-11-19(12-14-21)28(30)31/h2-4,6,8-14,22,32H,5,7,15-18H2,1H3,(H3,30,31)(H,33,37)(H,35,36)/t22-/m1/s1. The van der Waals surface area contributed by atoms with Crippen LogP contribution < -0.4 is 25.8 Å². The van der Waals surface area contributed by atoms with Crippen molar-refractivity contribution in [3.05, 3.63) is 83.4 Å². The number of amidine groups is 1. The zero-order valence-corrected chi connectivity index (χ0v) is 21.8. The van der Waals surface area contributed by atoms with Crippen molar-refractivity contribution in [1.82, 2.24) is 4.90 Å². The number of nitrogens with two attached hydrogens (primary N) is 1. The normalized spacial score (nSPS) is 14.9. The first-order valence-corrected chi connectivity index (χ1v) is 12.7. The predicted molar refractivity (Wildman–Crippen MR) is 150 cm³/mol. The molecule has 1 aliphatic rings. The van der Waals surface area contributed by atoms with Crippen molar-refractivity contribution in [2.45, 2.75) is 25.4 Å². The maximum atomic E-state index is 13.1. The lowest BCUT2D eigenvalue weighted by Crippen LogP contribution is -2.30. The molecule has 0 aromatic heterocycles. The minimum Gasteiger partial charge on any atom is -0.488 e. The number of hydrogen-bond donors (Lipinski definition) is 5. The number of para-hydroxylation sites is 2. The van der Waals surface area contributed by atoms with E-state index in [4.69, 9.17) is 20.6 Å². The van der Waals surface area contributed by atoms with Gasteiger partial charge in [0, 0.05) is 35.1 Å². The Morgan fingerprint density at radius 3 is 2.54 bits per heavy atom. The van der Waals surface area contributed by atoms with Gasteiger partial charge in [-0.1, -0.05) is 24.3 Å². The molecule has 1 aliphatic heterocycles. The second-order valence-corrected chi connectivity index (χ2v) is 9.36. The number of amides is 1. The van der Waals surface area contributed by atoms with Crippen LogP contribution in [0.25, 0.3) is 0 Å². The maximum absolute atomic E-state index is 13.1. The Hall–Kier alpha value is -4.57. The summed E-state index contributed by atoms with van der Waals surface area (Å²) in [6.07, 6.45) is 2.16. The monoisotopic (exact) mass is 531 g/mol. The van der Waals surface area contributed by atoms with Gasteiger partial charge in [-0.2, -0.15) is 0 Å². The lowest BCUT2D eigenvalue weighted by molar-refractivity contribution is -0.139. The number of likely N-dealkylation sites (N-methyl/N-ethyl adjacent to an activating group) is 1. The minimum atomic E-state index is -1.09. The Labute approximate surface area is 227 Å². The zero-order chi connectivity index (χ0) is 27.8. The average Bonchev–Trinajstić information content (AvgIpc) is 3.34. The highest BCUT2D eigenvalue weighted by molar-refractivity contribution is 6.08. The number of rotatable bonds is 12. The quantitative estimate of drug-likeness (QED) is 0.175. The number of anilines is 2. The maximum Gasteiger partial charge on any atom is 0.341 e. The molecule has 1 saturated heterocycles. The smallest absolute Gasteiger partial charge is 0.341 e. The van der Waals surface area contributed by atoms with Gasteiger partial charge < -0.3 is 35.8 Å². The number of benzene rings is 3. The van der Waals surface area contributed by atoms with Crippen molar-refractivity contribution in [2.24, 2.45) is 5.73 Å². The third kappa shape index (κ3) is 7.26. The summed E-state index contributed by atoms with van der Waals surface area (Å²) in [6.45, 7) is 1.27. The lowest BCUT2D eigenvalue weighted by atomic mass is 10.1. The van der Waals surface area contributed by atoms with E-state index < -0.39 is 12.6 Å². The van der Waals surface area contributed by atoms with Gasteiger partial charge in [-0.15, -0.1) is 0 Å². The number of carbonyl (C=O) groups excluding carboxylic acids is 1. The third-order valence-electron chi connectivity index (χ3n) is 6.60. The van der Waals surface area contributed by atoms with Crippen LogP contribution in [0.1, 0.15) is 34.3 Å². The summed E-state index contributed by atoms with van der Waals surface area (Å²) in [7, 11) is 2.07. The highest BCUT2D eigenvalue weighted by atomic mass is 16.5. The number of carbonyl (C=O) groups is 2. The Morgan fingerprint density at radius 2 is 1.85 bits per heavy atom. The first-order chi connectivity index (χ1) is 18.8. The SMILES string of the molecule is CN1CCC[C@@H]1COc1cccc(CNc2ccccc2C(=O)Nc2ccc(C(=N)N)cc2)c1OCC(=O)O. The van der Waals surface area contributed by atoms with E-state index in [1.807, 2.05) is 18.2 Å². The molecule has 3 aromatic rings. The molecule has 1 atom stereocenters. The summed E-state index contributed by atoms with van der Waals surface area (Å²) in [6, 6.07) is 19.5. The summed E-state index contributed by atoms with van der Waals surface area (Å²) in [4.78, 5) is 26.6. The van der Waals surface area contributed by atoms with Gasteiger partial charge in [-0.3, -0.25) is 10.2 Å². The fourth-order valence-electron chi connectivity index (χ4n) is 4.44. The molecule has 4 rings (SSSR count). The number of hydrogen-bond acceptors (Lipinski definition) is 7. The molecule has 0 spiro atoms. The average molecular weight is 532 g/mol. The Morgan fingerprint density at radius 1 is 1.08 bits per heavy atom. The van der Waals surface area contributed by atoms with Crippen molar-refractivity contribution in [2.75, 3.05) is 37.4 Å². The second-order valence-electron chi connectivity index (χ2n) is 9.36. The van der Waals surface area contributed by atoms with Gasteiger partial charge in [-0.05, 0) is 68.9 Å². The van der Waals surface area contributed by atoms with Crippen molar-refractivity contribution in [3.8, 4) is 11.5 Å². The molecular formula is C29H33N5O5. The fraction of sp³-hybridized carbons (Fsp3) is 0.276. The molecule has 0 aliphatic carbocycles. The van der Waals surface area contributed by atoms with E-state index in [1.54, 1.807) is 48.5 Å². The molecule has 6 N–H and O–H groups in total. The van der Waals surface area contributed by atoms with Gasteiger partial charge in [0.1, 0.15) is 12.4 Å². The van der Waals surface area contributed by atoms with Gasteiger partial charge in [0.05, 0.1) is 5.56 Å². The van der Waals surface area contributed by atoms with Crippen molar-refractivity contribution < 1.29 is 24.2 Å². The highest BCUT2D eigenvalue weighted by Gasteiger charge is 2.23. The van der Waals surface area contributed by atoms with Crippen molar-refractivity contribution >= 4 is 29.1 Å². The highest BCUT2D eigenvalue weighted by Crippen LogP contribution is 2.33. The Kier molecular flexibility index (Phi) is 9.01. The van der Waals surface area contributed by atoms with Crippen LogP contribution in [0.3, 0.4) is 0 Å². The van der Waals surface area contributed by atoms with E-state index in [-0.39, 0.29) is 18.3 Å². The second kappa shape index (κ2) is 12.8. The Bertz CT molecular complexity index is 1330. The summed E-state index contributed by atoms with van der Waals surface area (Å²) >= 11 is 0. The summed E-state index contributed by atoms with van der Waals surface area (Å²) in [5.74, 6) is -0.600. The van der Waals surface area contributed by atoms with E-state index in [0.29, 0.717) is 52.2 Å². The largest absolute Gasteiger partial charge is 0.488 e. The number of nitrogens with zero attached hydrogens (tertiary/aromatic N) is 1. The first-order valence-electron chi connectivity index (χ1n) is 12.7.